The van der Waals surface area contributed by atoms with Crippen LogP contribution < -0.4 is 5.32 Å². The number of benzene rings is 1. The fraction of sp³-hybridized carbons (Fsp3) is 0.333. The summed E-state index contributed by atoms with van der Waals surface area (Å²) in [7, 11) is 0. The second-order valence-electron chi connectivity index (χ2n) is 3.78. The molecular weight excluding hydrogens is 222 g/mol. The van der Waals surface area contributed by atoms with Crippen LogP contribution in [0.2, 0.25) is 0 Å². The van der Waals surface area contributed by atoms with Crippen molar-refractivity contribution in [2.24, 2.45) is 0 Å². The third-order valence-electron chi connectivity index (χ3n) is 2.75. The highest BCUT2D eigenvalue weighted by molar-refractivity contribution is 5.94. The lowest BCUT2D eigenvalue weighted by atomic mass is 9.95. The Kier molecular flexibility index (Phi) is 2.99. The molecule has 1 heterocycles. The number of nitrogens with one attached hydrogen (secondary N) is 1. The SMILES string of the molecule is CCOC(=O)C1Nc2ccccc2C1C(=O)O. The van der Waals surface area contributed by atoms with E-state index in [1.165, 1.54) is 0 Å². The van der Waals surface area contributed by atoms with E-state index in [0.717, 1.165) is 0 Å². The van der Waals surface area contributed by atoms with Gasteiger partial charge in [-0.1, -0.05) is 18.2 Å². The fourth-order valence-corrected chi connectivity index (χ4v) is 2.03. The van der Waals surface area contributed by atoms with Gasteiger partial charge in [0.1, 0.15) is 12.0 Å². The normalized spacial score (nSPS) is 21.5. The van der Waals surface area contributed by atoms with E-state index in [-0.39, 0.29) is 6.61 Å². The number of hydrogen-bond donors (Lipinski definition) is 2. The molecule has 5 heteroatoms. The molecule has 90 valence electrons. The molecular formula is C12H13NO4. The lowest BCUT2D eigenvalue weighted by molar-refractivity contribution is -0.149. The number of rotatable bonds is 3. The molecule has 0 aliphatic carbocycles. The molecule has 1 aromatic rings. The van der Waals surface area contributed by atoms with E-state index in [4.69, 9.17) is 4.74 Å². The Bertz CT molecular complexity index is 458. The maximum atomic E-state index is 11.7. The Balaban J connectivity index is 2.33. The molecule has 0 fully saturated rings. The first kappa shape index (κ1) is 11.4. The number of esters is 1. The number of carbonyl (C=O) groups is 2. The van der Waals surface area contributed by atoms with E-state index < -0.39 is 23.9 Å². The predicted octanol–water partition coefficient (Wildman–Crippen LogP) is 1.21. The van der Waals surface area contributed by atoms with Crippen LogP contribution in [0.4, 0.5) is 5.69 Å². The van der Waals surface area contributed by atoms with Gasteiger partial charge in [0.2, 0.25) is 0 Å². The summed E-state index contributed by atoms with van der Waals surface area (Å²) in [6.45, 7) is 1.93. The summed E-state index contributed by atoms with van der Waals surface area (Å²) in [4.78, 5) is 22.9. The van der Waals surface area contributed by atoms with E-state index in [1.807, 2.05) is 0 Å². The van der Waals surface area contributed by atoms with Gasteiger partial charge < -0.3 is 15.2 Å². The molecule has 0 bridgehead atoms. The Labute approximate surface area is 98.4 Å². The van der Waals surface area contributed by atoms with Gasteiger partial charge in [0.25, 0.3) is 0 Å². The molecule has 0 saturated heterocycles. The maximum Gasteiger partial charge on any atom is 0.329 e. The number of ether oxygens (including phenoxy) is 1. The molecule has 0 aromatic heterocycles. The molecule has 1 aliphatic rings. The number of hydrogen-bond acceptors (Lipinski definition) is 4. The van der Waals surface area contributed by atoms with Crippen molar-refractivity contribution in [3.05, 3.63) is 29.8 Å². The highest BCUT2D eigenvalue weighted by atomic mass is 16.5. The van der Waals surface area contributed by atoms with Crippen molar-refractivity contribution in [3.63, 3.8) is 0 Å². The van der Waals surface area contributed by atoms with Crippen LogP contribution in [0, 0.1) is 0 Å². The number of carboxylic acids is 1. The van der Waals surface area contributed by atoms with Crippen LogP contribution in [-0.2, 0) is 14.3 Å². The molecule has 2 N–H and O–H groups in total. The topological polar surface area (TPSA) is 75.6 Å². The van der Waals surface area contributed by atoms with Crippen LogP contribution in [0.3, 0.4) is 0 Å². The second kappa shape index (κ2) is 4.45. The smallest absolute Gasteiger partial charge is 0.329 e. The molecule has 17 heavy (non-hydrogen) atoms. The van der Waals surface area contributed by atoms with Gasteiger partial charge in [0.15, 0.2) is 0 Å². The van der Waals surface area contributed by atoms with Crippen molar-refractivity contribution in [2.45, 2.75) is 18.9 Å². The quantitative estimate of drug-likeness (QED) is 0.770. The standard InChI is InChI=1S/C12H13NO4/c1-2-17-12(16)10-9(11(14)15)7-5-3-4-6-8(7)13-10/h3-6,9-10,13H,2H2,1H3,(H,14,15). The summed E-state index contributed by atoms with van der Waals surface area (Å²) < 4.78 is 4.87. The average molecular weight is 235 g/mol. The minimum atomic E-state index is -1.03. The van der Waals surface area contributed by atoms with Gasteiger partial charge >= 0.3 is 11.9 Å². The molecule has 1 aromatic carbocycles. The van der Waals surface area contributed by atoms with Crippen LogP contribution in [0.25, 0.3) is 0 Å². The van der Waals surface area contributed by atoms with Gasteiger partial charge in [-0.3, -0.25) is 4.79 Å². The second-order valence-corrected chi connectivity index (χ2v) is 3.78. The van der Waals surface area contributed by atoms with Crippen LogP contribution in [0.5, 0.6) is 0 Å². The van der Waals surface area contributed by atoms with Crippen molar-refractivity contribution in [3.8, 4) is 0 Å². The number of para-hydroxylation sites is 1. The summed E-state index contributed by atoms with van der Waals surface area (Å²) >= 11 is 0. The molecule has 2 rings (SSSR count). The van der Waals surface area contributed by atoms with E-state index in [9.17, 15) is 14.7 Å². The van der Waals surface area contributed by atoms with Gasteiger partial charge in [-0.25, -0.2) is 4.79 Å². The van der Waals surface area contributed by atoms with Crippen LogP contribution in [0.1, 0.15) is 18.4 Å². The van der Waals surface area contributed by atoms with Gasteiger partial charge in [-0.2, -0.15) is 0 Å². The Morgan fingerprint density at radius 3 is 2.76 bits per heavy atom. The maximum absolute atomic E-state index is 11.7. The molecule has 0 amide bonds. The van der Waals surface area contributed by atoms with E-state index >= 15 is 0 Å². The molecule has 1 aliphatic heterocycles. The summed E-state index contributed by atoms with van der Waals surface area (Å²) in [6.07, 6.45) is 0. The molecule has 0 saturated carbocycles. The molecule has 5 nitrogen and oxygen atoms in total. The van der Waals surface area contributed by atoms with E-state index in [2.05, 4.69) is 5.32 Å². The Morgan fingerprint density at radius 1 is 1.41 bits per heavy atom. The fourth-order valence-electron chi connectivity index (χ4n) is 2.03. The van der Waals surface area contributed by atoms with Crippen molar-refractivity contribution < 1.29 is 19.4 Å². The summed E-state index contributed by atoms with van der Waals surface area (Å²) in [5, 5.41) is 12.1. The molecule has 2 unspecified atom stereocenters. The molecule has 2 atom stereocenters. The van der Waals surface area contributed by atoms with Gasteiger partial charge in [0.05, 0.1) is 6.61 Å². The molecule has 0 spiro atoms. The number of carbonyl (C=O) groups excluding carboxylic acids is 1. The summed E-state index contributed by atoms with van der Waals surface area (Å²) in [5.74, 6) is -2.44. The van der Waals surface area contributed by atoms with Crippen molar-refractivity contribution in [1.82, 2.24) is 0 Å². The zero-order chi connectivity index (χ0) is 12.4. The van der Waals surface area contributed by atoms with Gasteiger partial charge in [0, 0.05) is 5.69 Å². The van der Waals surface area contributed by atoms with Gasteiger partial charge in [-0.15, -0.1) is 0 Å². The predicted molar refractivity (Wildman–Crippen MR) is 60.9 cm³/mol. The Hall–Kier alpha value is -2.04. The average Bonchev–Trinajstić information content (AvgIpc) is 2.68. The van der Waals surface area contributed by atoms with Crippen LogP contribution >= 0.6 is 0 Å². The van der Waals surface area contributed by atoms with E-state index in [1.54, 1.807) is 31.2 Å². The largest absolute Gasteiger partial charge is 0.481 e. The van der Waals surface area contributed by atoms with Crippen molar-refractivity contribution in [2.75, 3.05) is 11.9 Å². The summed E-state index contributed by atoms with van der Waals surface area (Å²) in [5.41, 5.74) is 1.30. The molecule has 0 radical (unpaired) electrons. The third kappa shape index (κ3) is 1.95. The van der Waals surface area contributed by atoms with Crippen LogP contribution in [-0.4, -0.2) is 29.7 Å². The van der Waals surface area contributed by atoms with Crippen molar-refractivity contribution >= 4 is 17.6 Å². The van der Waals surface area contributed by atoms with Crippen LogP contribution in [0.15, 0.2) is 24.3 Å². The first-order chi connectivity index (χ1) is 8.15. The number of fused-ring (bicyclic) bond motifs is 1. The lowest BCUT2D eigenvalue weighted by Crippen LogP contribution is -2.35. The third-order valence-corrected chi connectivity index (χ3v) is 2.75. The first-order valence-corrected chi connectivity index (χ1v) is 5.40. The van der Waals surface area contributed by atoms with Crippen molar-refractivity contribution in [1.29, 1.82) is 0 Å². The first-order valence-electron chi connectivity index (χ1n) is 5.40. The minimum Gasteiger partial charge on any atom is -0.481 e. The zero-order valence-corrected chi connectivity index (χ0v) is 9.34. The highest BCUT2D eigenvalue weighted by Gasteiger charge is 2.42. The monoisotopic (exact) mass is 235 g/mol. The zero-order valence-electron chi connectivity index (χ0n) is 9.34. The number of carboxylic acid groups (broad SMARTS) is 1. The minimum absolute atomic E-state index is 0.236. The van der Waals surface area contributed by atoms with E-state index in [0.29, 0.717) is 11.3 Å². The lowest BCUT2D eigenvalue weighted by Gasteiger charge is -2.14. The summed E-state index contributed by atoms with van der Waals surface area (Å²) in [6, 6.07) is 6.16. The number of aliphatic carboxylic acids is 1. The van der Waals surface area contributed by atoms with Gasteiger partial charge in [-0.05, 0) is 18.6 Å². The Morgan fingerprint density at radius 2 is 2.12 bits per heavy atom. The number of anilines is 1. The highest BCUT2D eigenvalue weighted by Crippen LogP contribution is 2.36.